The van der Waals surface area contributed by atoms with E-state index in [0.29, 0.717) is 34.4 Å². The fraction of sp³-hybridized carbons (Fsp3) is 0.120. The average Bonchev–Trinajstić information content (AvgIpc) is 3.26. The highest BCUT2D eigenvalue weighted by Gasteiger charge is 2.21. The van der Waals surface area contributed by atoms with Gasteiger partial charge in [-0.05, 0) is 35.4 Å². The van der Waals surface area contributed by atoms with Gasteiger partial charge in [0.25, 0.3) is 0 Å². The SMILES string of the molecule is NCc1cccc(-c2cc(COc3ccccc3CC(=O)O)c(C(=O)O)c3ccoc23)c1. The number of ether oxygens (including phenoxy) is 1. The van der Waals surface area contributed by atoms with Crippen LogP contribution in [0.15, 0.2) is 71.3 Å². The van der Waals surface area contributed by atoms with E-state index in [-0.39, 0.29) is 18.6 Å². The van der Waals surface area contributed by atoms with Gasteiger partial charge in [0.2, 0.25) is 0 Å². The van der Waals surface area contributed by atoms with E-state index in [1.54, 1.807) is 36.4 Å². The smallest absolute Gasteiger partial charge is 0.336 e. The Morgan fingerprint density at radius 1 is 0.969 bits per heavy atom. The molecule has 0 aliphatic heterocycles. The zero-order valence-electron chi connectivity index (χ0n) is 17.1. The van der Waals surface area contributed by atoms with Crippen LogP contribution >= 0.6 is 0 Å². The number of benzene rings is 3. The van der Waals surface area contributed by atoms with Crippen LogP contribution in [-0.4, -0.2) is 22.2 Å². The van der Waals surface area contributed by atoms with Crippen molar-refractivity contribution in [3.63, 3.8) is 0 Å². The Hall–Kier alpha value is -4.10. The Bertz CT molecular complexity index is 1310. The van der Waals surface area contributed by atoms with Crippen LogP contribution in [0.5, 0.6) is 5.75 Å². The maximum atomic E-state index is 12.1. The number of aromatic carboxylic acids is 1. The van der Waals surface area contributed by atoms with E-state index in [4.69, 9.17) is 20.0 Å². The molecule has 0 saturated carbocycles. The molecule has 0 aliphatic rings. The van der Waals surface area contributed by atoms with Gasteiger partial charge in [-0.25, -0.2) is 4.79 Å². The van der Waals surface area contributed by atoms with E-state index in [1.165, 1.54) is 6.26 Å². The lowest BCUT2D eigenvalue weighted by Gasteiger charge is -2.15. The minimum Gasteiger partial charge on any atom is -0.489 e. The number of carboxylic acid groups (broad SMARTS) is 2. The van der Waals surface area contributed by atoms with Crippen molar-refractivity contribution in [3.05, 3.63) is 89.2 Å². The van der Waals surface area contributed by atoms with Gasteiger partial charge in [0.15, 0.2) is 0 Å². The molecule has 7 heteroatoms. The average molecular weight is 431 g/mol. The predicted octanol–water partition coefficient (Wildman–Crippen LogP) is 4.46. The molecule has 1 aromatic heterocycles. The van der Waals surface area contributed by atoms with Crippen LogP contribution in [0.25, 0.3) is 22.1 Å². The molecule has 0 amide bonds. The topological polar surface area (TPSA) is 123 Å². The lowest BCUT2D eigenvalue weighted by atomic mass is 9.95. The largest absolute Gasteiger partial charge is 0.489 e. The molecule has 0 bridgehead atoms. The number of nitrogens with two attached hydrogens (primary N) is 1. The first-order valence-electron chi connectivity index (χ1n) is 9.96. The number of furan rings is 1. The van der Waals surface area contributed by atoms with Crippen molar-refractivity contribution in [2.45, 2.75) is 19.6 Å². The first-order valence-corrected chi connectivity index (χ1v) is 9.96. The van der Waals surface area contributed by atoms with Crippen molar-refractivity contribution in [2.75, 3.05) is 0 Å². The van der Waals surface area contributed by atoms with Gasteiger partial charge < -0.3 is 25.1 Å². The standard InChI is InChI=1S/C25H21NO6/c26-13-15-4-3-6-16(10-15)20-11-18(23(25(29)30)19-8-9-31-24(19)20)14-32-21-7-2-1-5-17(21)12-22(27)28/h1-11H,12-14,26H2,(H,27,28)(H,29,30). The van der Waals surface area contributed by atoms with Crippen LogP contribution in [0.3, 0.4) is 0 Å². The summed E-state index contributed by atoms with van der Waals surface area (Å²) >= 11 is 0. The maximum Gasteiger partial charge on any atom is 0.336 e. The summed E-state index contributed by atoms with van der Waals surface area (Å²) in [6, 6.07) is 17.8. The van der Waals surface area contributed by atoms with Gasteiger partial charge >= 0.3 is 11.9 Å². The molecule has 0 saturated heterocycles. The van der Waals surface area contributed by atoms with Gasteiger partial charge in [-0.1, -0.05) is 36.4 Å². The second kappa shape index (κ2) is 8.95. The summed E-state index contributed by atoms with van der Waals surface area (Å²) in [6.45, 7) is 0.321. The Morgan fingerprint density at radius 2 is 1.78 bits per heavy atom. The van der Waals surface area contributed by atoms with Crippen LogP contribution in [-0.2, 0) is 24.4 Å². The van der Waals surface area contributed by atoms with E-state index in [1.807, 2.05) is 24.3 Å². The molecule has 4 N–H and O–H groups in total. The third kappa shape index (κ3) is 4.19. The molecule has 0 radical (unpaired) electrons. The van der Waals surface area contributed by atoms with Gasteiger partial charge in [-0.15, -0.1) is 0 Å². The molecule has 0 aliphatic carbocycles. The molecule has 4 aromatic rings. The lowest BCUT2D eigenvalue weighted by Crippen LogP contribution is -2.09. The highest BCUT2D eigenvalue weighted by Crippen LogP contribution is 2.35. The second-order valence-corrected chi connectivity index (χ2v) is 7.30. The van der Waals surface area contributed by atoms with Gasteiger partial charge in [0.1, 0.15) is 17.9 Å². The number of carbonyl (C=O) groups is 2. The Morgan fingerprint density at radius 3 is 2.53 bits per heavy atom. The molecule has 32 heavy (non-hydrogen) atoms. The molecule has 1 heterocycles. The Balaban J connectivity index is 1.80. The molecular formula is C25H21NO6. The maximum absolute atomic E-state index is 12.1. The summed E-state index contributed by atoms with van der Waals surface area (Å²) in [7, 11) is 0. The molecule has 3 aromatic carbocycles. The Labute approximate surface area is 183 Å². The van der Waals surface area contributed by atoms with Crippen molar-refractivity contribution in [2.24, 2.45) is 5.73 Å². The number of fused-ring (bicyclic) bond motifs is 1. The number of rotatable bonds is 8. The zero-order valence-corrected chi connectivity index (χ0v) is 17.1. The van der Waals surface area contributed by atoms with Crippen LogP contribution < -0.4 is 10.5 Å². The Kier molecular flexibility index (Phi) is 5.91. The summed E-state index contributed by atoms with van der Waals surface area (Å²) in [5.74, 6) is -1.68. The number of hydrogen-bond acceptors (Lipinski definition) is 5. The highest BCUT2D eigenvalue weighted by atomic mass is 16.5. The monoisotopic (exact) mass is 431 g/mol. The lowest BCUT2D eigenvalue weighted by molar-refractivity contribution is -0.136. The van der Waals surface area contributed by atoms with Crippen molar-refractivity contribution in [1.29, 1.82) is 0 Å². The molecule has 7 nitrogen and oxygen atoms in total. The number of para-hydroxylation sites is 1. The third-order valence-corrected chi connectivity index (χ3v) is 5.20. The minimum atomic E-state index is -1.10. The fourth-order valence-corrected chi connectivity index (χ4v) is 3.76. The molecule has 0 unspecified atom stereocenters. The van der Waals surface area contributed by atoms with E-state index < -0.39 is 11.9 Å². The second-order valence-electron chi connectivity index (χ2n) is 7.30. The molecule has 0 spiro atoms. The van der Waals surface area contributed by atoms with E-state index in [2.05, 4.69) is 0 Å². The molecule has 162 valence electrons. The summed E-state index contributed by atoms with van der Waals surface area (Å²) in [6.07, 6.45) is 1.26. The van der Waals surface area contributed by atoms with Crippen molar-refractivity contribution < 1.29 is 29.0 Å². The minimum absolute atomic E-state index is 0.0526. The highest BCUT2D eigenvalue weighted by molar-refractivity contribution is 6.08. The van der Waals surface area contributed by atoms with Crippen LogP contribution in [0.4, 0.5) is 0 Å². The number of carboxylic acids is 2. The van der Waals surface area contributed by atoms with E-state index in [0.717, 1.165) is 16.7 Å². The zero-order chi connectivity index (χ0) is 22.7. The number of hydrogen-bond donors (Lipinski definition) is 3. The normalized spacial score (nSPS) is 10.9. The van der Waals surface area contributed by atoms with Crippen molar-refractivity contribution >= 4 is 22.9 Å². The van der Waals surface area contributed by atoms with Crippen LogP contribution in [0.2, 0.25) is 0 Å². The fourth-order valence-electron chi connectivity index (χ4n) is 3.76. The van der Waals surface area contributed by atoms with Gasteiger partial charge in [0.05, 0.1) is 18.2 Å². The van der Waals surface area contributed by atoms with Gasteiger partial charge in [-0.3, -0.25) is 4.79 Å². The summed E-state index contributed by atoms with van der Waals surface area (Å²) in [5, 5.41) is 19.5. The van der Waals surface area contributed by atoms with Gasteiger partial charge in [-0.2, -0.15) is 0 Å². The van der Waals surface area contributed by atoms with Gasteiger partial charge in [0, 0.05) is 28.6 Å². The predicted molar refractivity (Wildman–Crippen MR) is 119 cm³/mol. The summed E-state index contributed by atoms with van der Waals surface area (Å²) in [5.41, 5.74) is 9.80. The van der Waals surface area contributed by atoms with Crippen LogP contribution in [0.1, 0.15) is 27.0 Å². The molecule has 4 rings (SSSR count). The molecular weight excluding hydrogens is 410 g/mol. The molecule has 0 fully saturated rings. The summed E-state index contributed by atoms with van der Waals surface area (Å²) < 4.78 is 11.5. The first-order chi connectivity index (χ1) is 15.5. The van der Waals surface area contributed by atoms with E-state index >= 15 is 0 Å². The first kappa shape index (κ1) is 21.1. The van der Waals surface area contributed by atoms with E-state index in [9.17, 15) is 14.7 Å². The van der Waals surface area contributed by atoms with Crippen molar-refractivity contribution in [1.82, 2.24) is 0 Å². The number of aliphatic carboxylic acids is 1. The quantitative estimate of drug-likeness (QED) is 0.376. The summed E-state index contributed by atoms with van der Waals surface area (Å²) in [4.78, 5) is 23.3. The van der Waals surface area contributed by atoms with Crippen molar-refractivity contribution in [3.8, 4) is 16.9 Å². The third-order valence-electron chi connectivity index (χ3n) is 5.20. The van der Waals surface area contributed by atoms with Crippen LogP contribution in [0, 0.1) is 0 Å². The molecule has 0 atom stereocenters.